The van der Waals surface area contributed by atoms with Crippen LogP contribution in [-0.2, 0) is 0 Å². The van der Waals surface area contributed by atoms with E-state index in [-0.39, 0.29) is 0 Å². The van der Waals surface area contributed by atoms with E-state index < -0.39 is 0 Å². The lowest BCUT2D eigenvalue weighted by Gasteiger charge is -2.19. The van der Waals surface area contributed by atoms with Crippen molar-refractivity contribution >= 4 is 0 Å². The summed E-state index contributed by atoms with van der Waals surface area (Å²) in [5.74, 6) is 1.87. The number of hydrogen-bond donors (Lipinski definition) is 1. The Kier molecular flexibility index (Phi) is 6.31. The minimum absolute atomic E-state index is 0.772. The van der Waals surface area contributed by atoms with Crippen LogP contribution in [0.2, 0.25) is 0 Å². The van der Waals surface area contributed by atoms with Gasteiger partial charge in [0.25, 0.3) is 0 Å². The normalized spacial score (nSPS) is 35.8. The molecule has 1 saturated carbocycles. The molecule has 1 heteroatoms. The molecule has 15 heavy (non-hydrogen) atoms. The Morgan fingerprint density at radius 3 is 2.13 bits per heavy atom. The van der Waals surface area contributed by atoms with E-state index in [1.54, 1.807) is 0 Å². The highest BCUT2D eigenvalue weighted by molar-refractivity contribution is 4.70. The highest BCUT2D eigenvalue weighted by atomic mass is 14.9. The van der Waals surface area contributed by atoms with Gasteiger partial charge in [0.05, 0.1) is 0 Å². The molecule has 1 fully saturated rings. The maximum atomic E-state index is 3.48. The Balaban J connectivity index is 2.38. The average Bonchev–Trinajstić information content (AvgIpc) is 2.24. The maximum absolute atomic E-state index is 3.48. The lowest BCUT2D eigenvalue weighted by molar-refractivity contribution is 0.373. The predicted octanol–water partition coefficient (Wildman–Crippen LogP) is 3.98. The van der Waals surface area contributed by atoms with E-state index in [1.165, 1.54) is 51.4 Å². The van der Waals surface area contributed by atoms with Crippen LogP contribution in [0.15, 0.2) is 0 Å². The van der Waals surface area contributed by atoms with Crippen LogP contribution in [0.5, 0.6) is 0 Å². The topological polar surface area (TPSA) is 12.0 Å². The van der Waals surface area contributed by atoms with E-state index in [0.29, 0.717) is 0 Å². The van der Waals surface area contributed by atoms with Crippen molar-refractivity contribution in [3.05, 3.63) is 0 Å². The molecule has 1 aliphatic carbocycles. The first-order chi connectivity index (χ1) is 7.22. The second-order valence-electron chi connectivity index (χ2n) is 5.65. The van der Waals surface area contributed by atoms with Crippen molar-refractivity contribution in [3.8, 4) is 0 Å². The van der Waals surface area contributed by atoms with Crippen molar-refractivity contribution in [3.63, 3.8) is 0 Å². The number of rotatable bonds is 1. The maximum Gasteiger partial charge on any atom is 0.00666 e. The third-order valence-corrected chi connectivity index (χ3v) is 3.99. The van der Waals surface area contributed by atoms with Crippen molar-refractivity contribution in [2.75, 3.05) is 7.05 Å². The monoisotopic (exact) mass is 211 g/mol. The van der Waals surface area contributed by atoms with Crippen molar-refractivity contribution in [1.29, 1.82) is 0 Å². The standard InChI is InChI=1S/C14H29N/c1-12-7-4-5-10-14(15-3)11-13(2)9-6-8-12/h12-15H,4-11H2,1-3H3/t12?,13-,14?/m0/s1. The van der Waals surface area contributed by atoms with Gasteiger partial charge in [-0.25, -0.2) is 0 Å². The molecule has 0 heterocycles. The zero-order valence-corrected chi connectivity index (χ0v) is 10.9. The van der Waals surface area contributed by atoms with Crippen LogP contribution in [0, 0.1) is 11.8 Å². The number of nitrogens with one attached hydrogen (secondary N) is 1. The van der Waals surface area contributed by atoms with Gasteiger partial charge in [0, 0.05) is 6.04 Å². The van der Waals surface area contributed by atoms with Crippen LogP contribution >= 0.6 is 0 Å². The van der Waals surface area contributed by atoms with E-state index in [1.807, 2.05) is 0 Å². The zero-order valence-electron chi connectivity index (χ0n) is 10.9. The Hall–Kier alpha value is -0.0400. The summed E-state index contributed by atoms with van der Waals surface area (Å²) >= 11 is 0. The molecule has 1 rings (SSSR count). The molecule has 1 nitrogen and oxygen atoms in total. The number of hydrogen-bond acceptors (Lipinski definition) is 1. The van der Waals surface area contributed by atoms with Gasteiger partial charge in [0.15, 0.2) is 0 Å². The Labute approximate surface area is 96.0 Å². The predicted molar refractivity (Wildman–Crippen MR) is 68.1 cm³/mol. The Morgan fingerprint density at radius 1 is 0.800 bits per heavy atom. The summed E-state index contributed by atoms with van der Waals surface area (Å²) < 4.78 is 0. The SMILES string of the molecule is CNC1CCCCC(C)CCC[C@H](C)C1. The highest BCUT2D eigenvalue weighted by Gasteiger charge is 2.13. The summed E-state index contributed by atoms with van der Waals surface area (Å²) in [6.07, 6.45) is 11.4. The zero-order chi connectivity index (χ0) is 11.1. The first-order valence-electron chi connectivity index (χ1n) is 6.89. The van der Waals surface area contributed by atoms with E-state index in [0.717, 1.165) is 17.9 Å². The largest absolute Gasteiger partial charge is 0.317 e. The van der Waals surface area contributed by atoms with Gasteiger partial charge < -0.3 is 5.32 Å². The summed E-state index contributed by atoms with van der Waals surface area (Å²) in [4.78, 5) is 0. The molecule has 0 radical (unpaired) electrons. The van der Waals surface area contributed by atoms with Crippen LogP contribution in [0.4, 0.5) is 0 Å². The van der Waals surface area contributed by atoms with E-state index in [2.05, 4.69) is 26.2 Å². The third kappa shape index (κ3) is 5.55. The molecule has 0 aromatic carbocycles. The summed E-state index contributed by atoms with van der Waals surface area (Å²) in [7, 11) is 2.12. The first kappa shape index (κ1) is 13.0. The summed E-state index contributed by atoms with van der Waals surface area (Å²) in [5.41, 5.74) is 0. The fourth-order valence-electron chi connectivity index (χ4n) is 2.83. The average molecular weight is 211 g/mol. The molecule has 0 amide bonds. The second kappa shape index (κ2) is 7.27. The van der Waals surface area contributed by atoms with Crippen molar-refractivity contribution < 1.29 is 0 Å². The molecule has 1 N–H and O–H groups in total. The molecule has 0 aromatic rings. The van der Waals surface area contributed by atoms with Crippen LogP contribution in [0.1, 0.15) is 65.2 Å². The van der Waals surface area contributed by atoms with Crippen LogP contribution in [0.25, 0.3) is 0 Å². The smallest absolute Gasteiger partial charge is 0.00666 e. The fourth-order valence-corrected chi connectivity index (χ4v) is 2.83. The van der Waals surface area contributed by atoms with Crippen molar-refractivity contribution in [2.45, 2.75) is 71.3 Å². The Bertz CT molecular complexity index is 155. The second-order valence-corrected chi connectivity index (χ2v) is 5.65. The minimum atomic E-state index is 0.772. The molecule has 1 aliphatic rings. The molecule has 0 aliphatic heterocycles. The molecule has 3 atom stereocenters. The van der Waals surface area contributed by atoms with E-state index in [9.17, 15) is 0 Å². The van der Waals surface area contributed by atoms with Gasteiger partial charge in [-0.3, -0.25) is 0 Å². The Morgan fingerprint density at radius 2 is 1.40 bits per heavy atom. The van der Waals surface area contributed by atoms with E-state index >= 15 is 0 Å². The summed E-state index contributed by atoms with van der Waals surface area (Å²) in [6, 6.07) is 0.772. The minimum Gasteiger partial charge on any atom is -0.317 e. The third-order valence-electron chi connectivity index (χ3n) is 3.99. The van der Waals surface area contributed by atoms with Gasteiger partial charge >= 0.3 is 0 Å². The molecule has 0 saturated heterocycles. The summed E-state index contributed by atoms with van der Waals surface area (Å²) in [6.45, 7) is 4.85. The van der Waals surface area contributed by atoms with Crippen molar-refractivity contribution in [2.24, 2.45) is 11.8 Å². The van der Waals surface area contributed by atoms with Crippen LogP contribution in [0.3, 0.4) is 0 Å². The highest BCUT2D eigenvalue weighted by Crippen LogP contribution is 2.23. The molecule has 2 unspecified atom stereocenters. The molecule has 0 aromatic heterocycles. The van der Waals surface area contributed by atoms with Crippen LogP contribution < -0.4 is 5.32 Å². The molecular formula is C14H29N. The quantitative estimate of drug-likeness (QED) is 0.692. The lowest BCUT2D eigenvalue weighted by Crippen LogP contribution is -2.27. The lowest BCUT2D eigenvalue weighted by atomic mass is 9.93. The van der Waals surface area contributed by atoms with Crippen molar-refractivity contribution in [1.82, 2.24) is 5.32 Å². The molecular weight excluding hydrogens is 182 g/mol. The molecule has 0 spiro atoms. The summed E-state index contributed by atoms with van der Waals surface area (Å²) in [5, 5.41) is 3.48. The first-order valence-corrected chi connectivity index (χ1v) is 6.89. The van der Waals surface area contributed by atoms with Gasteiger partial charge in [0.2, 0.25) is 0 Å². The van der Waals surface area contributed by atoms with Gasteiger partial charge in [-0.2, -0.15) is 0 Å². The molecule has 0 bridgehead atoms. The van der Waals surface area contributed by atoms with Gasteiger partial charge in [0.1, 0.15) is 0 Å². The molecule has 90 valence electrons. The van der Waals surface area contributed by atoms with Crippen LogP contribution in [-0.4, -0.2) is 13.1 Å². The van der Waals surface area contributed by atoms with Gasteiger partial charge in [-0.1, -0.05) is 52.4 Å². The van der Waals surface area contributed by atoms with Gasteiger partial charge in [-0.05, 0) is 31.7 Å². The van der Waals surface area contributed by atoms with Gasteiger partial charge in [-0.15, -0.1) is 0 Å². The fraction of sp³-hybridized carbons (Fsp3) is 1.00. The van der Waals surface area contributed by atoms with E-state index in [4.69, 9.17) is 0 Å².